The standard InChI is InChI=1S/C15H20N2O2/c1-10(2)15(16)14(9-18)19-12-6-5-11-4-3-7-17-13(11)8-12/h3-8,10,14-15,18H,9,16H2,1-2H3. The topological polar surface area (TPSA) is 68.4 Å². The third-order valence-electron chi connectivity index (χ3n) is 3.24. The SMILES string of the molecule is CC(C)C(N)C(CO)Oc1ccc2cccnc2c1. The second kappa shape index (κ2) is 5.99. The molecule has 4 heteroatoms. The molecular weight excluding hydrogens is 240 g/mol. The number of aromatic nitrogens is 1. The molecule has 0 saturated heterocycles. The summed E-state index contributed by atoms with van der Waals surface area (Å²) in [5, 5.41) is 10.5. The molecule has 0 fully saturated rings. The van der Waals surface area contributed by atoms with Crippen LogP contribution >= 0.6 is 0 Å². The molecule has 0 radical (unpaired) electrons. The summed E-state index contributed by atoms with van der Waals surface area (Å²) in [4.78, 5) is 4.28. The summed E-state index contributed by atoms with van der Waals surface area (Å²) >= 11 is 0. The molecule has 1 heterocycles. The van der Waals surface area contributed by atoms with E-state index in [1.807, 2.05) is 44.2 Å². The Hall–Kier alpha value is -1.65. The first-order valence-electron chi connectivity index (χ1n) is 6.49. The summed E-state index contributed by atoms with van der Waals surface area (Å²) in [6.07, 6.45) is 1.34. The van der Waals surface area contributed by atoms with Gasteiger partial charge >= 0.3 is 0 Å². The predicted molar refractivity (Wildman–Crippen MR) is 76.1 cm³/mol. The fraction of sp³-hybridized carbons (Fsp3) is 0.400. The summed E-state index contributed by atoms with van der Waals surface area (Å²) in [6.45, 7) is 3.93. The second-order valence-corrected chi connectivity index (χ2v) is 5.02. The predicted octanol–water partition coefficient (Wildman–Crippen LogP) is 1.96. The van der Waals surface area contributed by atoms with Crippen LogP contribution in [0.1, 0.15) is 13.8 Å². The number of aliphatic hydroxyl groups excluding tert-OH is 1. The van der Waals surface area contributed by atoms with E-state index in [1.165, 1.54) is 0 Å². The molecule has 3 N–H and O–H groups in total. The van der Waals surface area contributed by atoms with Crippen LogP contribution in [0.15, 0.2) is 36.5 Å². The number of hydrogen-bond acceptors (Lipinski definition) is 4. The maximum absolute atomic E-state index is 9.40. The van der Waals surface area contributed by atoms with E-state index in [0.717, 1.165) is 10.9 Å². The van der Waals surface area contributed by atoms with Crippen molar-refractivity contribution < 1.29 is 9.84 Å². The zero-order valence-electron chi connectivity index (χ0n) is 11.3. The van der Waals surface area contributed by atoms with Crippen LogP contribution in [-0.2, 0) is 0 Å². The first-order valence-corrected chi connectivity index (χ1v) is 6.49. The Labute approximate surface area is 113 Å². The van der Waals surface area contributed by atoms with Crippen molar-refractivity contribution >= 4 is 10.9 Å². The van der Waals surface area contributed by atoms with Gasteiger partial charge in [-0.1, -0.05) is 19.9 Å². The Morgan fingerprint density at radius 1 is 1.32 bits per heavy atom. The molecule has 0 bridgehead atoms. The van der Waals surface area contributed by atoms with Crippen molar-refractivity contribution in [2.45, 2.75) is 26.0 Å². The van der Waals surface area contributed by atoms with Crippen molar-refractivity contribution in [3.63, 3.8) is 0 Å². The van der Waals surface area contributed by atoms with E-state index in [2.05, 4.69) is 4.98 Å². The third kappa shape index (κ3) is 3.22. The minimum absolute atomic E-state index is 0.0976. The summed E-state index contributed by atoms with van der Waals surface area (Å²) in [7, 11) is 0. The van der Waals surface area contributed by atoms with Crippen molar-refractivity contribution in [1.29, 1.82) is 0 Å². The fourth-order valence-corrected chi connectivity index (χ4v) is 1.96. The molecular formula is C15H20N2O2. The Morgan fingerprint density at radius 3 is 2.79 bits per heavy atom. The zero-order valence-corrected chi connectivity index (χ0v) is 11.3. The molecule has 2 unspecified atom stereocenters. The van der Waals surface area contributed by atoms with Gasteiger partial charge in [0.05, 0.1) is 12.1 Å². The van der Waals surface area contributed by atoms with E-state index in [4.69, 9.17) is 10.5 Å². The Bertz CT molecular complexity index is 542. The fourth-order valence-electron chi connectivity index (χ4n) is 1.96. The van der Waals surface area contributed by atoms with Gasteiger partial charge in [0.1, 0.15) is 11.9 Å². The van der Waals surface area contributed by atoms with Gasteiger partial charge in [0, 0.05) is 23.7 Å². The number of ether oxygens (including phenoxy) is 1. The van der Waals surface area contributed by atoms with Crippen molar-refractivity contribution in [2.75, 3.05) is 6.61 Å². The van der Waals surface area contributed by atoms with Gasteiger partial charge in [-0.05, 0) is 24.1 Å². The molecule has 2 atom stereocenters. The van der Waals surface area contributed by atoms with Crippen LogP contribution in [0.5, 0.6) is 5.75 Å². The molecule has 2 rings (SSSR count). The van der Waals surface area contributed by atoms with Gasteiger partial charge in [0.25, 0.3) is 0 Å². The second-order valence-electron chi connectivity index (χ2n) is 5.02. The van der Waals surface area contributed by atoms with Gasteiger partial charge in [-0.15, -0.1) is 0 Å². The van der Waals surface area contributed by atoms with E-state index < -0.39 is 6.10 Å². The quantitative estimate of drug-likeness (QED) is 0.862. The van der Waals surface area contributed by atoms with E-state index in [0.29, 0.717) is 5.75 Å². The minimum atomic E-state index is -0.402. The zero-order chi connectivity index (χ0) is 13.8. The van der Waals surface area contributed by atoms with Gasteiger partial charge < -0.3 is 15.6 Å². The first-order chi connectivity index (χ1) is 9.11. The van der Waals surface area contributed by atoms with Crippen LogP contribution in [0.3, 0.4) is 0 Å². The summed E-state index contributed by atoms with van der Waals surface area (Å²) in [5.41, 5.74) is 6.90. The number of rotatable bonds is 5. The van der Waals surface area contributed by atoms with Gasteiger partial charge in [-0.2, -0.15) is 0 Å². The number of fused-ring (bicyclic) bond motifs is 1. The molecule has 2 aromatic rings. The lowest BCUT2D eigenvalue weighted by Crippen LogP contribution is -2.45. The van der Waals surface area contributed by atoms with Gasteiger partial charge in [0.2, 0.25) is 0 Å². The highest BCUT2D eigenvalue weighted by molar-refractivity contribution is 5.79. The number of nitrogens with two attached hydrogens (primary N) is 1. The van der Waals surface area contributed by atoms with Gasteiger partial charge in [-0.25, -0.2) is 0 Å². The molecule has 4 nitrogen and oxygen atoms in total. The van der Waals surface area contributed by atoms with Crippen LogP contribution in [-0.4, -0.2) is 28.8 Å². The maximum Gasteiger partial charge on any atom is 0.137 e. The Balaban J connectivity index is 2.19. The molecule has 0 amide bonds. The molecule has 1 aromatic heterocycles. The summed E-state index contributed by atoms with van der Waals surface area (Å²) in [6, 6.07) is 9.38. The molecule has 0 aliphatic rings. The molecule has 0 saturated carbocycles. The first kappa shape index (κ1) is 13.8. The van der Waals surface area contributed by atoms with E-state index in [1.54, 1.807) is 6.20 Å². The molecule has 102 valence electrons. The Kier molecular flexibility index (Phi) is 4.35. The number of benzene rings is 1. The largest absolute Gasteiger partial charge is 0.486 e. The van der Waals surface area contributed by atoms with Crippen LogP contribution in [0.2, 0.25) is 0 Å². The third-order valence-corrected chi connectivity index (χ3v) is 3.24. The van der Waals surface area contributed by atoms with Gasteiger partial charge in [-0.3, -0.25) is 4.98 Å². The smallest absolute Gasteiger partial charge is 0.137 e. The highest BCUT2D eigenvalue weighted by Gasteiger charge is 2.21. The molecule has 1 aromatic carbocycles. The molecule has 0 aliphatic carbocycles. The number of hydrogen-bond donors (Lipinski definition) is 2. The van der Waals surface area contributed by atoms with Crippen LogP contribution in [0, 0.1) is 5.92 Å². The summed E-state index contributed by atoms with van der Waals surface area (Å²) in [5.74, 6) is 0.928. The lowest BCUT2D eigenvalue weighted by atomic mass is 10.00. The number of pyridine rings is 1. The van der Waals surface area contributed by atoms with Crippen LogP contribution < -0.4 is 10.5 Å². The van der Waals surface area contributed by atoms with Crippen molar-refractivity contribution in [2.24, 2.45) is 11.7 Å². The maximum atomic E-state index is 9.40. The van der Waals surface area contributed by atoms with E-state index >= 15 is 0 Å². The average molecular weight is 260 g/mol. The van der Waals surface area contributed by atoms with Crippen molar-refractivity contribution in [3.8, 4) is 5.75 Å². The van der Waals surface area contributed by atoms with Crippen molar-refractivity contribution in [1.82, 2.24) is 4.98 Å². The summed E-state index contributed by atoms with van der Waals surface area (Å²) < 4.78 is 5.78. The normalized spacial score (nSPS) is 14.6. The highest BCUT2D eigenvalue weighted by Crippen LogP contribution is 2.21. The lowest BCUT2D eigenvalue weighted by molar-refractivity contribution is 0.0812. The number of nitrogens with zero attached hydrogens (tertiary/aromatic N) is 1. The number of aliphatic hydroxyl groups is 1. The molecule has 0 spiro atoms. The minimum Gasteiger partial charge on any atom is -0.486 e. The van der Waals surface area contributed by atoms with Crippen LogP contribution in [0.4, 0.5) is 0 Å². The average Bonchev–Trinajstić information content (AvgIpc) is 2.43. The highest BCUT2D eigenvalue weighted by atomic mass is 16.5. The molecule has 0 aliphatic heterocycles. The van der Waals surface area contributed by atoms with Crippen LogP contribution in [0.25, 0.3) is 10.9 Å². The van der Waals surface area contributed by atoms with Gasteiger partial charge in [0.15, 0.2) is 0 Å². The molecule has 19 heavy (non-hydrogen) atoms. The van der Waals surface area contributed by atoms with E-state index in [9.17, 15) is 5.11 Å². The monoisotopic (exact) mass is 260 g/mol. The van der Waals surface area contributed by atoms with Crippen molar-refractivity contribution in [3.05, 3.63) is 36.5 Å². The lowest BCUT2D eigenvalue weighted by Gasteiger charge is -2.26. The Morgan fingerprint density at radius 2 is 2.11 bits per heavy atom. The van der Waals surface area contributed by atoms with E-state index in [-0.39, 0.29) is 18.6 Å².